The van der Waals surface area contributed by atoms with Crippen LogP contribution < -0.4 is 0 Å². The molecule has 0 aromatic rings. The molecule has 0 aliphatic carbocycles. The first-order valence-electron chi connectivity index (χ1n) is 1.87. The van der Waals surface area contributed by atoms with Crippen molar-refractivity contribution in [1.82, 2.24) is 0 Å². The van der Waals surface area contributed by atoms with Crippen molar-refractivity contribution in [1.29, 1.82) is 0 Å². The Morgan fingerprint density at radius 1 is 1.29 bits per heavy atom. The average Bonchev–Trinajstić information content (AvgIpc) is 1.38. The quantitative estimate of drug-likeness (QED) is 0.310. The van der Waals surface area contributed by atoms with Gasteiger partial charge in [-0.15, -0.1) is 0 Å². The van der Waals surface area contributed by atoms with Crippen molar-refractivity contribution in [3.05, 3.63) is 11.6 Å². The van der Waals surface area contributed by atoms with Crippen LogP contribution in [0.2, 0.25) is 0 Å². The van der Waals surface area contributed by atoms with Crippen molar-refractivity contribution in [3.63, 3.8) is 0 Å². The third-order valence-corrected chi connectivity index (χ3v) is 0.577. The van der Waals surface area contributed by atoms with Gasteiger partial charge in [-0.05, 0) is 31.7 Å². The molecule has 0 saturated heterocycles. The fraction of sp³-hybridized carbons (Fsp3) is 0.600. The Balaban J connectivity index is -0.0000000800. The molecule has 0 radical (unpaired) electrons. The molecule has 0 aliphatic heterocycles. The van der Waals surface area contributed by atoms with Gasteiger partial charge in [-0.2, -0.15) is 0 Å². The van der Waals surface area contributed by atoms with E-state index in [2.05, 4.69) is 19.9 Å². The first kappa shape index (κ1) is 15.8. The maximum atomic E-state index is 2.08. The highest BCUT2D eigenvalue weighted by atomic mass is 28.1. The van der Waals surface area contributed by atoms with Crippen molar-refractivity contribution in [2.24, 2.45) is 0 Å². The van der Waals surface area contributed by atoms with Crippen LogP contribution >= 0.6 is 0 Å². The Kier molecular flexibility index (Phi) is 21.0. The molecule has 0 bridgehead atoms. The van der Waals surface area contributed by atoms with Crippen LogP contribution in [0.1, 0.15) is 20.8 Å². The Bertz CT molecular complexity index is 46.0. The summed E-state index contributed by atoms with van der Waals surface area (Å²) in [5.74, 6) is 0. The van der Waals surface area contributed by atoms with Gasteiger partial charge >= 0.3 is 0 Å². The maximum Gasteiger partial charge on any atom is -0.0149 e. The third kappa shape index (κ3) is 24.7. The highest BCUT2D eigenvalue weighted by molar-refractivity contribution is 5.75. The summed E-state index contributed by atoms with van der Waals surface area (Å²) in [7, 11) is 0. The molecule has 0 aliphatic rings. The molecule has 0 atom stereocenters. The van der Waals surface area contributed by atoms with Crippen LogP contribution in [-0.2, 0) is 0 Å². The largest absolute Gasteiger partial charge is 0.412 e. The van der Waals surface area contributed by atoms with Gasteiger partial charge in [0.05, 0.1) is 0 Å². The van der Waals surface area contributed by atoms with E-state index in [-0.39, 0.29) is 16.4 Å². The molecule has 2 N–H and O–H groups in total. The second-order valence-corrected chi connectivity index (χ2v) is 1.37. The third-order valence-electron chi connectivity index (χ3n) is 0.577. The number of hydrogen-bond donors (Lipinski definition) is 0. The van der Waals surface area contributed by atoms with E-state index in [4.69, 9.17) is 0 Å². The van der Waals surface area contributed by atoms with Gasteiger partial charge in [0.25, 0.3) is 0 Å². The summed E-state index contributed by atoms with van der Waals surface area (Å²) in [5, 5.41) is 0. The fourth-order valence-electron chi connectivity index (χ4n) is 0. The standard InChI is InChI=1S/C5H10.H2O.H4Si/c1-4-5(2)3;;/h4H,1-3H3;1H2;1H4. The summed E-state index contributed by atoms with van der Waals surface area (Å²) >= 11 is 0. The molecule has 2 heteroatoms. The van der Waals surface area contributed by atoms with Crippen molar-refractivity contribution in [2.45, 2.75) is 20.8 Å². The molecule has 0 aromatic heterocycles. The molecule has 0 saturated carbocycles. The molecule has 46 valence electrons. The van der Waals surface area contributed by atoms with E-state index in [1.54, 1.807) is 0 Å². The Labute approximate surface area is 49.8 Å². The van der Waals surface area contributed by atoms with Gasteiger partial charge in [0, 0.05) is 0 Å². The average molecular weight is 120 g/mol. The van der Waals surface area contributed by atoms with Crippen molar-refractivity contribution >= 4 is 11.0 Å². The molecule has 0 heterocycles. The summed E-state index contributed by atoms with van der Waals surface area (Å²) < 4.78 is 0. The second-order valence-electron chi connectivity index (χ2n) is 1.37. The second kappa shape index (κ2) is 9.32. The lowest BCUT2D eigenvalue weighted by molar-refractivity contribution is 0.824. The van der Waals surface area contributed by atoms with E-state index in [0.717, 1.165) is 0 Å². The first-order valence-corrected chi connectivity index (χ1v) is 1.87. The molecular weight excluding hydrogens is 104 g/mol. The van der Waals surface area contributed by atoms with Gasteiger partial charge in [-0.3, -0.25) is 0 Å². The SMILES string of the molecule is CC=C(C)C.O.[SiH4]. The Morgan fingerprint density at radius 3 is 1.43 bits per heavy atom. The molecule has 0 rings (SSSR count). The topological polar surface area (TPSA) is 31.5 Å². The zero-order valence-electron chi connectivity index (χ0n) is 4.58. The Morgan fingerprint density at radius 2 is 1.43 bits per heavy atom. The van der Waals surface area contributed by atoms with E-state index in [0.29, 0.717) is 0 Å². The van der Waals surface area contributed by atoms with Crippen LogP contribution in [0.25, 0.3) is 0 Å². The summed E-state index contributed by atoms with van der Waals surface area (Å²) in [5.41, 5.74) is 1.38. The van der Waals surface area contributed by atoms with E-state index in [1.165, 1.54) is 5.57 Å². The fourth-order valence-corrected chi connectivity index (χ4v) is 0. The lowest BCUT2D eigenvalue weighted by Gasteiger charge is -1.74. The number of rotatable bonds is 0. The van der Waals surface area contributed by atoms with Gasteiger partial charge in [-0.1, -0.05) is 11.6 Å². The normalized spacial score (nSPS) is 5.00. The minimum absolute atomic E-state index is 0. The summed E-state index contributed by atoms with van der Waals surface area (Å²) in [6.07, 6.45) is 2.08. The molecule has 0 unspecified atom stereocenters. The highest BCUT2D eigenvalue weighted by Crippen LogP contribution is 1.82. The maximum absolute atomic E-state index is 2.08. The lowest BCUT2D eigenvalue weighted by atomic mass is 10.3. The van der Waals surface area contributed by atoms with Crippen LogP contribution in [0.4, 0.5) is 0 Å². The monoisotopic (exact) mass is 120 g/mol. The molecular formula is C5H16OSi. The lowest BCUT2D eigenvalue weighted by Crippen LogP contribution is -1.52. The number of hydrogen-bond acceptors (Lipinski definition) is 0. The zero-order valence-corrected chi connectivity index (χ0v) is 4.58. The van der Waals surface area contributed by atoms with E-state index in [1.807, 2.05) is 6.92 Å². The minimum atomic E-state index is 0. The zero-order chi connectivity index (χ0) is 4.28. The van der Waals surface area contributed by atoms with Crippen LogP contribution in [-0.4, -0.2) is 16.4 Å². The van der Waals surface area contributed by atoms with Gasteiger partial charge in [0.15, 0.2) is 0 Å². The molecule has 0 fully saturated rings. The molecule has 1 nitrogen and oxygen atoms in total. The van der Waals surface area contributed by atoms with E-state index < -0.39 is 0 Å². The molecule has 0 aromatic carbocycles. The predicted molar refractivity (Wildman–Crippen MR) is 40.1 cm³/mol. The molecule has 0 spiro atoms. The summed E-state index contributed by atoms with van der Waals surface area (Å²) in [4.78, 5) is 0. The predicted octanol–water partition coefficient (Wildman–Crippen LogP) is -0.304. The smallest absolute Gasteiger partial charge is 0.0149 e. The summed E-state index contributed by atoms with van der Waals surface area (Å²) in [6, 6.07) is 0. The van der Waals surface area contributed by atoms with Crippen LogP contribution in [0.15, 0.2) is 11.6 Å². The van der Waals surface area contributed by atoms with Crippen LogP contribution in [0.3, 0.4) is 0 Å². The van der Waals surface area contributed by atoms with Gasteiger partial charge in [0.1, 0.15) is 0 Å². The van der Waals surface area contributed by atoms with Gasteiger partial charge < -0.3 is 5.48 Å². The molecule has 7 heavy (non-hydrogen) atoms. The van der Waals surface area contributed by atoms with E-state index in [9.17, 15) is 0 Å². The van der Waals surface area contributed by atoms with Gasteiger partial charge in [0.2, 0.25) is 0 Å². The minimum Gasteiger partial charge on any atom is -0.412 e. The Hall–Kier alpha value is -0.0831. The van der Waals surface area contributed by atoms with Crippen molar-refractivity contribution in [2.75, 3.05) is 0 Å². The van der Waals surface area contributed by atoms with Crippen LogP contribution in [0.5, 0.6) is 0 Å². The first-order chi connectivity index (χ1) is 2.27. The number of allylic oxidation sites excluding steroid dienone is 2. The van der Waals surface area contributed by atoms with Crippen molar-refractivity contribution in [3.8, 4) is 0 Å². The molecule has 0 amide bonds. The van der Waals surface area contributed by atoms with Crippen LogP contribution in [0, 0.1) is 0 Å². The summed E-state index contributed by atoms with van der Waals surface area (Å²) in [6.45, 7) is 6.20. The van der Waals surface area contributed by atoms with Gasteiger partial charge in [-0.25, -0.2) is 0 Å². The highest BCUT2D eigenvalue weighted by Gasteiger charge is 1.60. The van der Waals surface area contributed by atoms with E-state index >= 15 is 0 Å². The van der Waals surface area contributed by atoms with Crippen molar-refractivity contribution < 1.29 is 5.48 Å².